The van der Waals surface area contributed by atoms with Crippen LogP contribution in [0.25, 0.3) is 0 Å². The minimum absolute atomic E-state index is 0.162. The largest absolute Gasteiger partial charge is 0.790 e. The van der Waals surface area contributed by atoms with E-state index in [0.29, 0.717) is 25.7 Å². The molecule has 2 heterocycles. The predicted octanol–water partition coefficient (Wildman–Crippen LogP) is 3.66. The summed E-state index contributed by atoms with van der Waals surface area (Å²) >= 11 is 0. The Labute approximate surface area is 491 Å². The molecule has 25 nitrogen and oxygen atoms in total. The maximum Gasteiger partial charge on any atom is 0.308 e. The number of aliphatic hydroxyl groups is 6. The zero-order chi connectivity index (χ0) is 61.8. The molecular formula is C56H102N2O23P2-4. The first-order valence-corrected chi connectivity index (χ1v) is 33.7. The molecule has 2 amide bonds. The second-order valence-corrected chi connectivity index (χ2v) is 24.6. The smallest absolute Gasteiger partial charge is 0.308 e. The molecule has 488 valence electrons. The van der Waals surface area contributed by atoms with Crippen LogP contribution in [0.2, 0.25) is 0 Å². The second-order valence-electron chi connectivity index (χ2n) is 22.4. The van der Waals surface area contributed by atoms with Crippen molar-refractivity contribution < 1.29 is 111 Å². The van der Waals surface area contributed by atoms with Gasteiger partial charge in [-0.3, -0.25) is 19.2 Å². The van der Waals surface area contributed by atoms with Crippen LogP contribution in [-0.2, 0) is 61.0 Å². The summed E-state index contributed by atoms with van der Waals surface area (Å²) in [6, 6.07) is -3.91. The van der Waals surface area contributed by atoms with Crippen LogP contribution in [0.5, 0.6) is 0 Å². The zero-order valence-corrected chi connectivity index (χ0v) is 51.4. The molecule has 0 spiro atoms. The summed E-state index contributed by atoms with van der Waals surface area (Å²) in [6.45, 7) is 6.06. The number of phosphoric ester groups is 2. The number of hydrogen-bond donors (Lipinski definition) is 8. The molecule has 2 rings (SSSR count). The Kier molecular flexibility index (Phi) is 40.2. The van der Waals surface area contributed by atoms with Crippen molar-refractivity contribution in [3.63, 3.8) is 0 Å². The average Bonchev–Trinajstić information content (AvgIpc) is 3.52. The Bertz CT molecular complexity index is 1860. The van der Waals surface area contributed by atoms with Gasteiger partial charge in [0.15, 0.2) is 24.8 Å². The Morgan fingerprint density at radius 1 is 0.470 bits per heavy atom. The number of ether oxygens (including phenoxy) is 5. The molecule has 27 heteroatoms. The van der Waals surface area contributed by atoms with Crippen LogP contribution in [0, 0.1) is 0 Å². The highest BCUT2D eigenvalue weighted by atomic mass is 31.2. The molecule has 0 saturated carbocycles. The summed E-state index contributed by atoms with van der Waals surface area (Å²) in [5, 5.41) is 70.8. The lowest BCUT2D eigenvalue weighted by atomic mass is 9.95. The number of rotatable bonds is 48. The van der Waals surface area contributed by atoms with E-state index in [1.807, 2.05) is 13.8 Å². The number of hydrogen-bond acceptors (Lipinski definition) is 23. The van der Waals surface area contributed by atoms with Crippen molar-refractivity contribution in [3.05, 3.63) is 0 Å². The van der Waals surface area contributed by atoms with Gasteiger partial charge in [0.1, 0.15) is 36.5 Å². The topological polar surface area (TPSA) is 405 Å². The summed E-state index contributed by atoms with van der Waals surface area (Å²) in [7, 11) is -12.2. The monoisotopic (exact) mass is 1230 g/mol. The highest BCUT2D eigenvalue weighted by Gasteiger charge is 2.53. The van der Waals surface area contributed by atoms with Crippen molar-refractivity contribution >= 4 is 39.4 Å². The molecule has 0 bridgehead atoms. The molecule has 2 aliphatic heterocycles. The van der Waals surface area contributed by atoms with Crippen molar-refractivity contribution in [1.29, 1.82) is 0 Å². The van der Waals surface area contributed by atoms with Crippen molar-refractivity contribution in [2.45, 2.75) is 319 Å². The number of phosphoric acid groups is 2. The first-order valence-electron chi connectivity index (χ1n) is 30.8. The molecule has 8 N–H and O–H groups in total. The van der Waals surface area contributed by atoms with E-state index in [0.717, 1.165) is 128 Å². The van der Waals surface area contributed by atoms with Crippen molar-refractivity contribution in [2.24, 2.45) is 0 Å². The molecule has 2 fully saturated rings. The molecule has 83 heavy (non-hydrogen) atoms. The van der Waals surface area contributed by atoms with Crippen LogP contribution in [0.1, 0.15) is 233 Å². The summed E-state index contributed by atoms with van der Waals surface area (Å²) in [6.07, 6.45) is -2.31. The SMILES string of the molecule is CCCCCCCCC[C@@H](O)CC(=O)N[C@H]1[C@H](OC[C@H]2O[C@H](OP(=O)([O-])[O-])[C@H](NC(=O)C[C@H](O)CCCCCCCCC)[C@@H](OC(=O)C[C@H](O)CCCCCCC)[C@@H]2O)O[C@H](CO)[C@@H](OP(=O)([O-])[O-])[C@@H]1OC(=O)C[C@H](O)CCCCCCC. The summed E-state index contributed by atoms with van der Waals surface area (Å²) in [5.74, 6) is -4.23. The third-order valence-electron chi connectivity index (χ3n) is 14.8. The molecular weight excluding hydrogens is 1130 g/mol. The molecule has 0 unspecified atom stereocenters. The van der Waals surface area contributed by atoms with Gasteiger partial charge in [-0.15, -0.1) is 0 Å². The number of nitrogens with one attached hydrogen (secondary N) is 2. The first kappa shape index (κ1) is 76.8. The summed E-state index contributed by atoms with van der Waals surface area (Å²) in [4.78, 5) is 104. The van der Waals surface area contributed by atoms with Gasteiger partial charge in [0.05, 0.1) is 79.0 Å². The van der Waals surface area contributed by atoms with E-state index >= 15 is 0 Å². The van der Waals surface area contributed by atoms with E-state index in [1.165, 1.54) is 0 Å². The van der Waals surface area contributed by atoms with E-state index in [2.05, 4.69) is 24.5 Å². The lowest BCUT2D eigenvalue weighted by Crippen LogP contribution is -2.68. The summed E-state index contributed by atoms with van der Waals surface area (Å²) < 4.78 is 63.3. The van der Waals surface area contributed by atoms with Crippen LogP contribution in [0.3, 0.4) is 0 Å². The van der Waals surface area contributed by atoms with Crippen LogP contribution < -0.4 is 30.2 Å². The minimum Gasteiger partial charge on any atom is -0.790 e. The highest BCUT2D eigenvalue weighted by Crippen LogP contribution is 2.38. The van der Waals surface area contributed by atoms with Gasteiger partial charge in [-0.1, -0.05) is 182 Å². The number of aliphatic hydroxyl groups excluding tert-OH is 6. The van der Waals surface area contributed by atoms with Gasteiger partial charge in [0.25, 0.3) is 0 Å². The quantitative estimate of drug-likeness (QED) is 0.0245. The van der Waals surface area contributed by atoms with Crippen LogP contribution in [-0.4, -0.2) is 153 Å². The molecule has 0 aromatic rings. The van der Waals surface area contributed by atoms with Gasteiger partial charge in [-0.2, -0.15) is 0 Å². The van der Waals surface area contributed by atoms with Gasteiger partial charge in [0.2, 0.25) is 11.8 Å². The molecule has 2 aliphatic rings. The number of unbranched alkanes of at least 4 members (excludes halogenated alkanes) is 20. The molecule has 14 atom stereocenters. The fraction of sp³-hybridized carbons (Fsp3) is 0.929. The van der Waals surface area contributed by atoms with E-state index in [1.54, 1.807) is 0 Å². The number of amides is 2. The third-order valence-corrected chi connectivity index (χ3v) is 15.8. The first-order chi connectivity index (χ1) is 39.4. The molecule has 0 aromatic carbocycles. The lowest BCUT2D eigenvalue weighted by molar-refractivity contribution is -0.364. The van der Waals surface area contributed by atoms with Crippen LogP contribution in [0.4, 0.5) is 0 Å². The minimum atomic E-state index is -6.10. The maximum atomic E-state index is 13.9. The van der Waals surface area contributed by atoms with Crippen LogP contribution in [0.15, 0.2) is 0 Å². The van der Waals surface area contributed by atoms with E-state index in [-0.39, 0.29) is 25.7 Å². The maximum absolute atomic E-state index is 13.9. The van der Waals surface area contributed by atoms with E-state index < -0.39 is 164 Å². The summed E-state index contributed by atoms with van der Waals surface area (Å²) in [5.41, 5.74) is 0. The third kappa shape index (κ3) is 34.2. The van der Waals surface area contributed by atoms with Gasteiger partial charge < -0.3 is 103 Å². The fourth-order valence-electron chi connectivity index (χ4n) is 10.3. The Morgan fingerprint density at radius 2 is 0.807 bits per heavy atom. The standard InChI is InChI=1S/C56H106N2O23P2/c1-5-9-13-17-19-23-27-29-39(60)33-45(64)57-49-53(78-47(66)35-41(62)31-25-21-15-11-7-3)51(68)44(77-56(49)81-83(72,73)74)38-75-55-50(58-46(65)34-40(61)30-28-24-20-18-14-10-6-2)54(52(43(37-59)76-55)80-82(69,70)71)79-48(67)36-42(63)32-26-22-16-12-8-4/h39-44,49-56,59-63,68H,5-38H2,1-4H3,(H,57,64)(H,58,65)(H2,69,70,71)(H2,72,73,74)/p-4/t39-,40-,41-,42-,43-,44-,49-,50-,51-,52-,53-,54-,55-,56-/m1/s1. The predicted molar refractivity (Wildman–Crippen MR) is 296 cm³/mol. The average molecular weight is 1230 g/mol. The molecule has 0 aliphatic carbocycles. The van der Waals surface area contributed by atoms with E-state index in [9.17, 15) is 78.5 Å². The Hall–Kier alpha value is -2.26. The second kappa shape index (κ2) is 43.4. The van der Waals surface area contributed by atoms with Gasteiger partial charge >= 0.3 is 11.9 Å². The van der Waals surface area contributed by atoms with Crippen molar-refractivity contribution in [1.82, 2.24) is 10.6 Å². The lowest BCUT2D eigenvalue weighted by Gasteiger charge is -2.49. The fourth-order valence-corrected chi connectivity index (χ4v) is 11.3. The van der Waals surface area contributed by atoms with Gasteiger partial charge in [0, 0.05) is 0 Å². The van der Waals surface area contributed by atoms with Gasteiger partial charge in [-0.05, 0) is 25.7 Å². The zero-order valence-electron chi connectivity index (χ0n) is 49.6. The number of carbonyl (C=O) groups excluding carboxylic acids is 4. The van der Waals surface area contributed by atoms with E-state index in [4.69, 9.17) is 32.7 Å². The number of carbonyl (C=O) groups is 4. The van der Waals surface area contributed by atoms with Gasteiger partial charge in [-0.25, -0.2) is 0 Å². The number of esters is 2. The molecule has 0 radical (unpaired) electrons. The highest BCUT2D eigenvalue weighted by molar-refractivity contribution is 7.43. The normalized spacial score (nSPS) is 24.6. The molecule has 2 saturated heterocycles. The van der Waals surface area contributed by atoms with Crippen LogP contribution >= 0.6 is 15.6 Å². The van der Waals surface area contributed by atoms with Crippen molar-refractivity contribution in [2.75, 3.05) is 13.2 Å². The Balaban J connectivity index is 2.60. The Morgan fingerprint density at radius 3 is 1.18 bits per heavy atom. The molecule has 0 aromatic heterocycles. The van der Waals surface area contributed by atoms with Crippen molar-refractivity contribution in [3.8, 4) is 0 Å².